The van der Waals surface area contributed by atoms with Crippen molar-refractivity contribution < 1.29 is 5.11 Å². The molecule has 0 radical (unpaired) electrons. The number of likely N-dealkylation sites (tertiary alicyclic amines) is 1. The zero-order valence-corrected chi connectivity index (χ0v) is 18.7. The molecule has 0 spiro atoms. The van der Waals surface area contributed by atoms with Gasteiger partial charge in [0, 0.05) is 41.5 Å². The second kappa shape index (κ2) is 8.90. The van der Waals surface area contributed by atoms with Crippen molar-refractivity contribution in [3.8, 4) is 28.1 Å². The lowest BCUT2D eigenvalue weighted by atomic mass is 9.92. The number of hydrogen-bond acceptors (Lipinski definition) is 6. The summed E-state index contributed by atoms with van der Waals surface area (Å²) in [5.41, 5.74) is 10.3. The molecule has 3 aromatic rings. The molecule has 5 rings (SSSR count). The highest BCUT2D eigenvalue weighted by Gasteiger charge is 2.28. The number of phenolic OH excluding ortho intramolecular Hbond substituents is 1. The summed E-state index contributed by atoms with van der Waals surface area (Å²) in [5.74, 6) is 0.550. The van der Waals surface area contributed by atoms with Crippen molar-refractivity contribution >= 4 is 5.82 Å². The van der Waals surface area contributed by atoms with Gasteiger partial charge in [-0.05, 0) is 50.8 Å². The summed E-state index contributed by atoms with van der Waals surface area (Å²) in [6.45, 7) is 4.41. The van der Waals surface area contributed by atoms with Gasteiger partial charge in [-0.2, -0.15) is 5.10 Å². The first-order valence-corrected chi connectivity index (χ1v) is 11.8. The third kappa shape index (κ3) is 3.97. The molecular formula is C25H32N6O. The van der Waals surface area contributed by atoms with Crippen molar-refractivity contribution in [2.45, 2.75) is 64.0 Å². The van der Waals surface area contributed by atoms with Crippen LogP contribution in [0.5, 0.6) is 5.75 Å². The van der Waals surface area contributed by atoms with Crippen LogP contribution in [0.2, 0.25) is 0 Å². The number of nitrogens with zero attached hydrogens (tertiary/aromatic N) is 5. The number of phenols is 1. The lowest BCUT2D eigenvalue weighted by Gasteiger charge is -2.39. The lowest BCUT2D eigenvalue weighted by molar-refractivity contribution is 0.105. The largest absolute Gasteiger partial charge is 0.507 e. The molecule has 7 heteroatoms. The van der Waals surface area contributed by atoms with E-state index in [0.717, 1.165) is 48.8 Å². The maximum Gasteiger partial charge on any atom is 0.154 e. The lowest BCUT2D eigenvalue weighted by Crippen LogP contribution is -2.42. The van der Waals surface area contributed by atoms with Gasteiger partial charge in [-0.25, -0.2) is 0 Å². The van der Waals surface area contributed by atoms with Crippen molar-refractivity contribution in [2.75, 3.05) is 18.8 Å². The minimum absolute atomic E-state index is 0.176. The first-order valence-electron chi connectivity index (χ1n) is 11.8. The van der Waals surface area contributed by atoms with Crippen molar-refractivity contribution in [1.29, 1.82) is 0 Å². The molecule has 2 aliphatic rings. The Kier molecular flexibility index (Phi) is 5.83. The Morgan fingerprint density at radius 3 is 2.41 bits per heavy atom. The summed E-state index contributed by atoms with van der Waals surface area (Å²) in [6, 6.07) is 10.2. The Morgan fingerprint density at radius 1 is 0.906 bits per heavy atom. The number of hydrogen-bond donors (Lipinski definition) is 2. The van der Waals surface area contributed by atoms with Gasteiger partial charge < -0.3 is 15.7 Å². The van der Waals surface area contributed by atoms with Crippen LogP contribution in [0.1, 0.15) is 56.7 Å². The number of nitrogen functional groups attached to an aromatic ring is 1. The molecule has 1 aromatic carbocycles. The summed E-state index contributed by atoms with van der Waals surface area (Å²) in [6.07, 6.45) is 11.1. The number of anilines is 1. The number of rotatable bonds is 4. The Bertz CT molecular complexity index is 1080. The molecule has 7 nitrogen and oxygen atoms in total. The topological polar surface area (TPSA) is 93.1 Å². The van der Waals surface area contributed by atoms with Gasteiger partial charge in [-0.1, -0.05) is 31.4 Å². The third-order valence-corrected chi connectivity index (χ3v) is 7.27. The number of aromatic hydroxyl groups is 1. The number of nitrogens with two attached hydrogens (primary N) is 1. The molecule has 1 saturated carbocycles. The highest BCUT2D eigenvalue weighted by atomic mass is 16.3. The van der Waals surface area contributed by atoms with Gasteiger partial charge >= 0.3 is 0 Å². The molecule has 0 bridgehead atoms. The molecule has 1 aliphatic carbocycles. The highest BCUT2D eigenvalue weighted by molar-refractivity contribution is 5.79. The highest BCUT2D eigenvalue weighted by Crippen LogP contribution is 2.35. The van der Waals surface area contributed by atoms with Crippen LogP contribution in [0, 0.1) is 6.92 Å². The van der Waals surface area contributed by atoms with Gasteiger partial charge in [0.15, 0.2) is 5.82 Å². The summed E-state index contributed by atoms with van der Waals surface area (Å²) in [7, 11) is 0. The summed E-state index contributed by atoms with van der Waals surface area (Å²) in [4.78, 5) is 2.71. The molecule has 0 unspecified atom stereocenters. The van der Waals surface area contributed by atoms with Crippen molar-refractivity contribution in [3.05, 3.63) is 42.2 Å². The number of para-hydroxylation sites is 1. The summed E-state index contributed by atoms with van der Waals surface area (Å²) < 4.78 is 2.17. The van der Waals surface area contributed by atoms with Gasteiger partial charge in [-0.3, -0.25) is 4.68 Å². The van der Waals surface area contributed by atoms with E-state index >= 15 is 0 Å². The van der Waals surface area contributed by atoms with Crippen LogP contribution in [0.15, 0.2) is 36.5 Å². The third-order valence-electron chi connectivity index (χ3n) is 7.27. The Morgan fingerprint density at radius 2 is 1.66 bits per heavy atom. The van der Waals surface area contributed by atoms with Crippen LogP contribution in [0.3, 0.4) is 0 Å². The van der Waals surface area contributed by atoms with E-state index < -0.39 is 0 Å². The normalized spacial score (nSPS) is 18.8. The minimum Gasteiger partial charge on any atom is -0.507 e. The molecule has 1 aliphatic heterocycles. The standard InChI is InChI=1S/C25H32N6O/c1-17-22(21-15-23(28-29-25(21)26)20-9-5-6-10-24(20)32)16-27-31(17)19-11-13-30(14-12-19)18-7-3-2-4-8-18/h5-6,9-10,15-16,18-19,32H,2-4,7-8,11-14H2,1H3,(H2,26,29). The van der Waals surface area contributed by atoms with Crippen LogP contribution in [0.4, 0.5) is 5.82 Å². The van der Waals surface area contributed by atoms with Crippen LogP contribution in [0.25, 0.3) is 22.4 Å². The average Bonchev–Trinajstić information content (AvgIpc) is 3.21. The molecule has 0 atom stereocenters. The van der Waals surface area contributed by atoms with Gasteiger partial charge in [0.2, 0.25) is 0 Å². The average molecular weight is 433 g/mol. The molecular weight excluding hydrogens is 400 g/mol. The number of aromatic nitrogens is 4. The zero-order valence-electron chi connectivity index (χ0n) is 18.7. The van der Waals surface area contributed by atoms with Gasteiger partial charge in [0.05, 0.1) is 17.9 Å². The first-order chi connectivity index (χ1) is 15.6. The predicted molar refractivity (Wildman–Crippen MR) is 126 cm³/mol. The molecule has 168 valence electrons. The van der Waals surface area contributed by atoms with Gasteiger partial charge in [0.25, 0.3) is 0 Å². The van der Waals surface area contributed by atoms with Gasteiger partial charge in [0.1, 0.15) is 5.75 Å². The monoisotopic (exact) mass is 432 g/mol. The maximum absolute atomic E-state index is 10.2. The summed E-state index contributed by atoms with van der Waals surface area (Å²) in [5, 5.41) is 23.4. The smallest absolute Gasteiger partial charge is 0.154 e. The van der Waals surface area contributed by atoms with E-state index in [4.69, 9.17) is 10.8 Å². The van der Waals surface area contributed by atoms with E-state index in [1.165, 1.54) is 32.1 Å². The molecule has 2 fully saturated rings. The Hall–Kier alpha value is -2.93. The molecule has 0 amide bonds. The van der Waals surface area contributed by atoms with E-state index in [-0.39, 0.29) is 5.75 Å². The van der Waals surface area contributed by atoms with Crippen LogP contribution < -0.4 is 5.73 Å². The second-order valence-corrected chi connectivity index (χ2v) is 9.19. The van der Waals surface area contributed by atoms with Crippen LogP contribution in [-0.2, 0) is 0 Å². The van der Waals surface area contributed by atoms with E-state index in [0.29, 0.717) is 23.1 Å². The van der Waals surface area contributed by atoms with Crippen molar-refractivity contribution in [3.63, 3.8) is 0 Å². The Labute approximate surface area is 189 Å². The molecule has 2 aromatic heterocycles. The van der Waals surface area contributed by atoms with Gasteiger partial charge in [-0.15, -0.1) is 10.2 Å². The minimum atomic E-state index is 0.176. The first kappa shape index (κ1) is 20.9. The molecule has 3 heterocycles. The SMILES string of the molecule is Cc1c(-c2cc(-c3ccccc3O)nnc2N)cnn1C1CCN(C2CCCCC2)CC1. The predicted octanol–water partition coefficient (Wildman–Crippen LogP) is 4.57. The summed E-state index contributed by atoms with van der Waals surface area (Å²) >= 11 is 0. The van der Waals surface area contributed by atoms with E-state index in [1.807, 2.05) is 24.4 Å². The quantitative estimate of drug-likeness (QED) is 0.627. The second-order valence-electron chi connectivity index (χ2n) is 9.19. The molecule has 1 saturated heterocycles. The van der Waals surface area contributed by atoms with Crippen molar-refractivity contribution in [1.82, 2.24) is 24.9 Å². The fraction of sp³-hybridized carbons (Fsp3) is 0.480. The van der Waals surface area contributed by atoms with Crippen LogP contribution >= 0.6 is 0 Å². The van der Waals surface area contributed by atoms with Crippen LogP contribution in [-0.4, -0.2) is 49.1 Å². The van der Waals surface area contributed by atoms with E-state index in [1.54, 1.807) is 12.1 Å². The fourth-order valence-electron chi connectivity index (χ4n) is 5.44. The molecule has 3 N–H and O–H groups in total. The van der Waals surface area contributed by atoms with Crippen molar-refractivity contribution in [2.24, 2.45) is 0 Å². The Balaban J connectivity index is 1.37. The number of benzene rings is 1. The van der Waals surface area contributed by atoms with E-state index in [2.05, 4.69) is 26.7 Å². The molecule has 32 heavy (non-hydrogen) atoms. The fourth-order valence-corrected chi connectivity index (χ4v) is 5.44. The maximum atomic E-state index is 10.2. The zero-order chi connectivity index (χ0) is 22.1. The van der Waals surface area contributed by atoms with E-state index in [9.17, 15) is 5.11 Å². The number of piperidine rings is 1.